The molecule has 0 saturated heterocycles. The van der Waals surface area contributed by atoms with Gasteiger partial charge in [0.2, 0.25) is 0 Å². The standard InChI is InChI=1S/C14H8O8/c15-11(16)5-3-8-6(9(4-5)13(19)20)1-2-7(12(17)18)10(8)14(21)22/h1-4H,(H,15,16)(H,17,18)(H,19,20)(H,21,22). The number of aromatic carboxylic acids is 4. The molecule has 0 heterocycles. The van der Waals surface area contributed by atoms with Crippen molar-refractivity contribution in [2.24, 2.45) is 0 Å². The Bertz CT molecular complexity index is 850. The first kappa shape index (κ1) is 15.0. The van der Waals surface area contributed by atoms with Gasteiger partial charge in [0.1, 0.15) is 0 Å². The number of carbonyl (C=O) groups is 4. The lowest BCUT2D eigenvalue weighted by molar-refractivity contribution is 0.0653. The third-order valence-electron chi connectivity index (χ3n) is 3.06. The second-order valence-corrected chi connectivity index (χ2v) is 4.33. The fourth-order valence-electron chi connectivity index (χ4n) is 2.14. The van der Waals surface area contributed by atoms with E-state index in [2.05, 4.69) is 0 Å². The summed E-state index contributed by atoms with van der Waals surface area (Å²) in [5.41, 5.74) is -2.08. The molecule has 112 valence electrons. The van der Waals surface area contributed by atoms with E-state index in [0.717, 1.165) is 24.3 Å². The van der Waals surface area contributed by atoms with E-state index in [4.69, 9.17) is 15.3 Å². The second-order valence-electron chi connectivity index (χ2n) is 4.33. The average molecular weight is 304 g/mol. The minimum absolute atomic E-state index is 0.0556. The number of fused-ring (bicyclic) bond motifs is 1. The minimum Gasteiger partial charge on any atom is -0.478 e. The van der Waals surface area contributed by atoms with Gasteiger partial charge < -0.3 is 20.4 Å². The van der Waals surface area contributed by atoms with E-state index in [1.807, 2.05) is 0 Å². The zero-order valence-electron chi connectivity index (χ0n) is 10.7. The van der Waals surface area contributed by atoms with E-state index in [0.29, 0.717) is 0 Å². The number of hydrogen-bond acceptors (Lipinski definition) is 4. The Balaban J connectivity index is 3.05. The van der Waals surface area contributed by atoms with E-state index in [1.165, 1.54) is 0 Å². The van der Waals surface area contributed by atoms with E-state index < -0.39 is 46.1 Å². The number of carboxylic acids is 4. The monoisotopic (exact) mass is 304 g/mol. The third-order valence-corrected chi connectivity index (χ3v) is 3.06. The molecule has 0 aromatic heterocycles. The Hall–Kier alpha value is -3.42. The fraction of sp³-hybridized carbons (Fsp3) is 0. The maximum Gasteiger partial charge on any atom is 0.337 e. The molecule has 22 heavy (non-hydrogen) atoms. The molecule has 0 atom stereocenters. The van der Waals surface area contributed by atoms with Crippen LogP contribution >= 0.6 is 0 Å². The summed E-state index contributed by atoms with van der Waals surface area (Å²) in [6.07, 6.45) is 0. The zero-order valence-corrected chi connectivity index (χ0v) is 10.7. The molecule has 0 saturated carbocycles. The molecule has 0 bridgehead atoms. The molecule has 4 N–H and O–H groups in total. The highest BCUT2D eigenvalue weighted by molar-refractivity contribution is 6.16. The predicted octanol–water partition coefficient (Wildman–Crippen LogP) is 1.63. The summed E-state index contributed by atoms with van der Waals surface area (Å²) in [4.78, 5) is 44.8. The quantitative estimate of drug-likeness (QED) is 0.665. The van der Waals surface area contributed by atoms with Crippen LogP contribution in [-0.2, 0) is 0 Å². The van der Waals surface area contributed by atoms with Crippen LogP contribution in [0.1, 0.15) is 41.4 Å². The summed E-state index contributed by atoms with van der Waals surface area (Å²) < 4.78 is 0. The Morgan fingerprint density at radius 2 is 1.23 bits per heavy atom. The van der Waals surface area contributed by atoms with Crippen molar-refractivity contribution >= 4 is 34.6 Å². The maximum absolute atomic E-state index is 11.3. The van der Waals surface area contributed by atoms with Crippen molar-refractivity contribution in [3.05, 3.63) is 46.5 Å². The molecule has 8 heteroatoms. The summed E-state index contributed by atoms with van der Waals surface area (Å²) >= 11 is 0. The second kappa shape index (κ2) is 5.17. The van der Waals surface area contributed by atoms with E-state index >= 15 is 0 Å². The number of benzene rings is 2. The SMILES string of the molecule is O=C(O)c1cc(C(=O)O)c2ccc(C(=O)O)c(C(=O)O)c2c1. The smallest absolute Gasteiger partial charge is 0.337 e. The van der Waals surface area contributed by atoms with Crippen LogP contribution in [0.15, 0.2) is 24.3 Å². The van der Waals surface area contributed by atoms with Gasteiger partial charge in [-0.15, -0.1) is 0 Å². The van der Waals surface area contributed by atoms with Crippen LogP contribution in [0.4, 0.5) is 0 Å². The highest BCUT2D eigenvalue weighted by Crippen LogP contribution is 2.28. The van der Waals surface area contributed by atoms with E-state index in [-0.39, 0.29) is 10.8 Å². The van der Waals surface area contributed by atoms with Crippen LogP contribution in [-0.4, -0.2) is 44.3 Å². The van der Waals surface area contributed by atoms with Crippen molar-refractivity contribution in [2.75, 3.05) is 0 Å². The molecule has 0 amide bonds. The van der Waals surface area contributed by atoms with Crippen LogP contribution in [0.5, 0.6) is 0 Å². The first-order valence-corrected chi connectivity index (χ1v) is 5.78. The van der Waals surface area contributed by atoms with E-state index in [1.54, 1.807) is 0 Å². The van der Waals surface area contributed by atoms with Crippen LogP contribution in [0.2, 0.25) is 0 Å². The van der Waals surface area contributed by atoms with Crippen molar-refractivity contribution in [2.45, 2.75) is 0 Å². The molecular formula is C14H8O8. The largest absolute Gasteiger partial charge is 0.478 e. The Morgan fingerprint density at radius 3 is 1.68 bits per heavy atom. The van der Waals surface area contributed by atoms with Gasteiger partial charge in [-0.2, -0.15) is 0 Å². The van der Waals surface area contributed by atoms with Crippen molar-refractivity contribution in [1.29, 1.82) is 0 Å². The lowest BCUT2D eigenvalue weighted by Crippen LogP contribution is -2.11. The lowest BCUT2D eigenvalue weighted by atomic mass is 9.93. The predicted molar refractivity (Wildman–Crippen MR) is 71.8 cm³/mol. The van der Waals surface area contributed by atoms with Gasteiger partial charge in [-0.1, -0.05) is 6.07 Å². The van der Waals surface area contributed by atoms with Gasteiger partial charge in [0.05, 0.1) is 22.3 Å². The van der Waals surface area contributed by atoms with Crippen molar-refractivity contribution in [3.8, 4) is 0 Å². The van der Waals surface area contributed by atoms with Crippen LogP contribution in [0.25, 0.3) is 10.8 Å². The van der Waals surface area contributed by atoms with Crippen molar-refractivity contribution < 1.29 is 39.6 Å². The molecule has 2 rings (SSSR count). The topological polar surface area (TPSA) is 149 Å². The fourth-order valence-corrected chi connectivity index (χ4v) is 2.14. The first-order chi connectivity index (χ1) is 10.2. The Labute approximate surface area is 121 Å². The Kier molecular flexibility index (Phi) is 3.52. The molecule has 0 aliphatic rings. The Morgan fingerprint density at radius 1 is 0.636 bits per heavy atom. The highest BCUT2D eigenvalue weighted by atomic mass is 16.4. The van der Waals surface area contributed by atoms with Gasteiger partial charge >= 0.3 is 23.9 Å². The molecule has 0 radical (unpaired) electrons. The summed E-state index contributed by atoms with van der Waals surface area (Å²) in [6, 6.07) is 3.94. The minimum atomic E-state index is -1.60. The average Bonchev–Trinajstić information content (AvgIpc) is 2.43. The van der Waals surface area contributed by atoms with Gasteiger partial charge in [0.15, 0.2) is 0 Å². The summed E-state index contributed by atoms with van der Waals surface area (Å²) in [7, 11) is 0. The molecule has 2 aromatic carbocycles. The van der Waals surface area contributed by atoms with Crippen molar-refractivity contribution in [1.82, 2.24) is 0 Å². The summed E-state index contributed by atoms with van der Waals surface area (Å²) in [6.45, 7) is 0. The molecule has 0 aliphatic heterocycles. The molecule has 8 nitrogen and oxygen atoms in total. The highest BCUT2D eigenvalue weighted by Gasteiger charge is 2.23. The molecule has 0 spiro atoms. The van der Waals surface area contributed by atoms with Gasteiger partial charge in [-0.25, -0.2) is 19.2 Å². The summed E-state index contributed by atoms with van der Waals surface area (Å²) in [5, 5.41) is 36.1. The number of rotatable bonds is 4. The molecule has 0 unspecified atom stereocenters. The molecule has 2 aromatic rings. The van der Waals surface area contributed by atoms with Gasteiger partial charge in [-0.05, 0) is 29.0 Å². The molecule has 0 aliphatic carbocycles. The van der Waals surface area contributed by atoms with Crippen LogP contribution < -0.4 is 0 Å². The van der Waals surface area contributed by atoms with Gasteiger partial charge in [0.25, 0.3) is 0 Å². The number of hydrogen-bond donors (Lipinski definition) is 4. The normalized spacial score (nSPS) is 10.4. The van der Waals surface area contributed by atoms with Crippen LogP contribution in [0.3, 0.4) is 0 Å². The lowest BCUT2D eigenvalue weighted by Gasteiger charge is -2.10. The third kappa shape index (κ3) is 2.33. The van der Waals surface area contributed by atoms with Gasteiger partial charge in [-0.3, -0.25) is 0 Å². The molecule has 0 fully saturated rings. The van der Waals surface area contributed by atoms with E-state index in [9.17, 15) is 24.3 Å². The molecular weight excluding hydrogens is 296 g/mol. The first-order valence-electron chi connectivity index (χ1n) is 5.78. The van der Waals surface area contributed by atoms with Gasteiger partial charge in [0, 0.05) is 0 Å². The zero-order chi connectivity index (χ0) is 16.6. The maximum atomic E-state index is 11.3. The number of carboxylic acid groups (broad SMARTS) is 4. The summed E-state index contributed by atoms with van der Waals surface area (Å²) in [5.74, 6) is -6.02. The van der Waals surface area contributed by atoms with Crippen LogP contribution in [0, 0.1) is 0 Å². The van der Waals surface area contributed by atoms with Crippen molar-refractivity contribution in [3.63, 3.8) is 0 Å².